The zero-order valence-corrected chi connectivity index (χ0v) is 12.9. The second kappa shape index (κ2) is 7.24. The van der Waals surface area contributed by atoms with Gasteiger partial charge in [0, 0.05) is 9.84 Å². The molecule has 0 spiro atoms. The maximum Gasteiger partial charge on any atom is 0.453 e. The monoisotopic (exact) mass is 386 g/mol. The van der Waals surface area contributed by atoms with Crippen LogP contribution in [0.1, 0.15) is 58.8 Å². The van der Waals surface area contributed by atoms with Gasteiger partial charge in [0.05, 0.1) is 0 Å². The van der Waals surface area contributed by atoms with E-state index in [9.17, 15) is 22.0 Å². The zero-order valence-electron chi connectivity index (χ0n) is 10.7. The van der Waals surface area contributed by atoms with E-state index in [2.05, 4.69) is 6.92 Å². The van der Waals surface area contributed by atoms with Gasteiger partial charge >= 0.3 is 12.1 Å². The molecule has 0 bridgehead atoms. The van der Waals surface area contributed by atoms with Crippen LogP contribution in [0.2, 0.25) is 0 Å². The van der Waals surface area contributed by atoms with Crippen LogP contribution in [0.5, 0.6) is 0 Å². The molecule has 0 aromatic rings. The Morgan fingerprint density at radius 1 is 0.889 bits per heavy atom. The Balaban J connectivity index is 4.14. The van der Waals surface area contributed by atoms with Gasteiger partial charge in [-0.3, -0.25) is 0 Å². The van der Waals surface area contributed by atoms with Gasteiger partial charge in [-0.25, -0.2) is 0 Å². The van der Waals surface area contributed by atoms with Crippen molar-refractivity contribution in [2.75, 3.05) is 0 Å². The molecule has 6 heteroatoms. The normalized spacial score (nSPS) is 16.7. The number of halogens is 6. The van der Waals surface area contributed by atoms with Crippen LogP contribution in [0.15, 0.2) is 0 Å². The summed E-state index contributed by atoms with van der Waals surface area (Å²) in [5.74, 6) is -4.59. The quantitative estimate of drug-likeness (QED) is 0.204. The average molecular weight is 386 g/mol. The van der Waals surface area contributed by atoms with E-state index in [4.69, 9.17) is 0 Å². The molecule has 1 atom stereocenters. The highest BCUT2D eigenvalue weighted by molar-refractivity contribution is 14.1. The number of alkyl halides is 6. The lowest BCUT2D eigenvalue weighted by atomic mass is 9.95. The number of hydrogen-bond donors (Lipinski definition) is 0. The predicted molar refractivity (Wildman–Crippen MR) is 71.4 cm³/mol. The Morgan fingerprint density at radius 2 is 1.39 bits per heavy atom. The Bertz CT molecular complexity index is 235. The van der Waals surface area contributed by atoms with Gasteiger partial charge in [0.2, 0.25) is 0 Å². The van der Waals surface area contributed by atoms with Crippen molar-refractivity contribution in [3.63, 3.8) is 0 Å². The molecule has 0 aromatic carbocycles. The van der Waals surface area contributed by atoms with Gasteiger partial charge < -0.3 is 0 Å². The van der Waals surface area contributed by atoms with Gasteiger partial charge in [-0.1, -0.05) is 68.5 Å². The minimum atomic E-state index is -5.44. The van der Waals surface area contributed by atoms with Crippen molar-refractivity contribution < 1.29 is 22.0 Å². The number of rotatable bonds is 8. The molecule has 110 valence electrons. The van der Waals surface area contributed by atoms with Gasteiger partial charge in [0.25, 0.3) is 0 Å². The number of hydrogen-bond acceptors (Lipinski definition) is 0. The highest BCUT2D eigenvalue weighted by Crippen LogP contribution is 2.45. The van der Waals surface area contributed by atoms with E-state index >= 15 is 0 Å². The van der Waals surface area contributed by atoms with Crippen LogP contribution in [-0.4, -0.2) is 15.5 Å². The molecule has 0 N–H and O–H groups in total. The van der Waals surface area contributed by atoms with Crippen molar-refractivity contribution in [2.24, 2.45) is 0 Å². The molecule has 0 saturated heterocycles. The van der Waals surface area contributed by atoms with Gasteiger partial charge in [-0.05, 0) is 6.42 Å². The van der Waals surface area contributed by atoms with E-state index in [0.29, 0.717) is 12.8 Å². The van der Waals surface area contributed by atoms with Gasteiger partial charge in [0.1, 0.15) is 0 Å². The molecule has 0 aliphatic heterocycles. The smallest absolute Gasteiger partial charge is 0.196 e. The van der Waals surface area contributed by atoms with E-state index in [1.54, 1.807) is 22.6 Å². The van der Waals surface area contributed by atoms with E-state index in [-0.39, 0.29) is 0 Å². The summed E-state index contributed by atoms with van der Waals surface area (Å²) in [6, 6.07) is 0. The Kier molecular flexibility index (Phi) is 7.39. The molecule has 0 fully saturated rings. The fourth-order valence-corrected chi connectivity index (χ4v) is 2.61. The van der Waals surface area contributed by atoms with Crippen LogP contribution < -0.4 is 0 Å². The molecule has 0 amide bonds. The third kappa shape index (κ3) is 7.09. The van der Waals surface area contributed by atoms with E-state index < -0.39 is 21.9 Å². The first kappa shape index (κ1) is 18.4. The van der Waals surface area contributed by atoms with E-state index in [1.165, 1.54) is 6.92 Å². The SMILES string of the molecule is CCCCCCCC(C)(I)CC(F)(F)C(F)(F)F. The van der Waals surface area contributed by atoms with Crippen molar-refractivity contribution in [3.05, 3.63) is 0 Å². The molecule has 0 nitrogen and oxygen atoms in total. The maximum absolute atomic E-state index is 12.9. The van der Waals surface area contributed by atoms with Crippen molar-refractivity contribution >= 4 is 22.6 Å². The largest absolute Gasteiger partial charge is 0.453 e. The van der Waals surface area contributed by atoms with Crippen LogP contribution in [-0.2, 0) is 0 Å². The molecule has 0 heterocycles. The van der Waals surface area contributed by atoms with Gasteiger partial charge in [0.15, 0.2) is 0 Å². The van der Waals surface area contributed by atoms with Crippen molar-refractivity contribution in [1.82, 2.24) is 0 Å². The second-order valence-corrected chi connectivity index (χ2v) is 7.56. The minimum absolute atomic E-state index is 0.392. The summed E-state index contributed by atoms with van der Waals surface area (Å²) in [6.07, 6.45) is -1.43. The fraction of sp³-hybridized carbons (Fsp3) is 1.00. The molecular formula is C12H20F5I. The van der Waals surface area contributed by atoms with E-state index in [1.807, 2.05) is 0 Å². The van der Waals surface area contributed by atoms with Crippen LogP contribution in [0, 0.1) is 0 Å². The summed E-state index contributed by atoms with van der Waals surface area (Å²) in [4.78, 5) is 0. The standard InChI is InChI=1S/C12H20F5I/c1-3-4-5-6-7-8-10(2,18)9-11(13,14)12(15,16)17/h3-9H2,1-2H3. The highest BCUT2D eigenvalue weighted by Gasteiger charge is 2.59. The summed E-state index contributed by atoms with van der Waals surface area (Å²) in [5, 5.41) is 0. The average Bonchev–Trinajstić information content (AvgIpc) is 2.13. The molecule has 1 unspecified atom stereocenters. The Hall–Kier alpha value is 0.380. The van der Waals surface area contributed by atoms with Crippen LogP contribution >= 0.6 is 22.6 Å². The zero-order chi connectivity index (χ0) is 14.4. The van der Waals surface area contributed by atoms with Gasteiger partial charge in [-0.2, -0.15) is 22.0 Å². The highest BCUT2D eigenvalue weighted by atomic mass is 127. The molecule has 18 heavy (non-hydrogen) atoms. The third-order valence-electron chi connectivity index (χ3n) is 2.81. The summed E-state index contributed by atoms with van der Waals surface area (Å²) >= 11 is 1.72. The maximum atomic E-state index is 12.9. The molecule has 0 rings (SSSR count). The van der Waals surface area contributed by atoms with Crippen molar-refractivity contribution in [1.29, 1.82) is 0 Å². The molecule has 0 aliphatic carbocycles. The lowest BCUT2D eigenvalue weighted by Gasteiger charge is -2.29. The predicted octanol–water partition coefficient (Wildman–Crippen LogP) is 6.13. The van der Waals surface area contributed by atoms with E-state index in [0.717, 1.165) is 25.7 Å². The second-order valence-electron chi connectivity index (χ2n) is 4.96. The third-order valence-corrected chi connectivity index (χ3v) is 3.73. The minimum Gasteiger partial charge on any atom is -0.196 e. The van der Waals surface area contributed by atoms with Crippen LogP contribution in [0.25, 0.3) is 0 Å². The lowest BCUT2D eigenvalue weighted by molar-refractivity contribution is -0.285. The molecule has 0 saturated carbocycles. The summed E-state index contributed by atoms with van der Waals surface area (Å²) < 4.78 is 61.1. The van der Waals surface area contributed by atoms with Crippen molar-refractivity contribution in [3.8, 4) is 0 Å². The van der Waals surface area contributed by atoms with Crippen LogP contribution in [0.4, 0.5) is 22.0 Å². The summed E-state index contributed by atoms with van der Waals surface area (Å²) in [6.45, 7) is 3.53. The summed E-state index contributed by atoms with van der Waals surface area (Å²) in [7, 11) is 0. The molecular weight excluding hydrogens is 366 g/mol. The Morgan fingerprint density at radius 3 is 1.83 bits per heavy atom. The first-order chi connectivity index (χ1) is 8.02. The Labute approximate surface area is 119 Å². The first-order valence-electron chi connectivity index (χ1n) is 6.15. The van der Waals surface area contributed by atoms with Crippen molar-refractivity contribution in [2.45, 2.75) is 74.3 Å². The molecule has 0 aromatic heterocycles. The first-order valence-corrected chi connectivity index (χ1v) is 7.23. The van der Waals surface area contributed by atoms with Gasteiger partial charge in [-0.15, -0.1) is 0 Å². The summed E-state index contributed by atoms with van der Waals surface area (Å²) in [5.41, 5.74) is 0. The number of unbranched alkanes of at least 4 members (excludes halogenated alkanes) is 4. The fourth-order valence-electron chi connectivity index (χ4n) is 1.75. The van der Waals surface area contributed by atoms with Crippen LogP contribution in [0.3, 0.4) is 0 Å². The lowest BCUT2D eigenvalue weighted by Crippen LogP contribution is -2.41. The topological polar surface area (TPSA) is 0 Å². The molecule has 0 aliphatic rings. The molecule has 0 radical (unpaired) electrons.